The van der Waals surface area contributed by atoms with Crippen molar-refractivity contribution in [1.82, 2.24) is 15.5 Å². The average Bonchev–Trinajstić information content (AvgIpc) is 2.56. The van der Waals surface area contributed by atoms with Crippen LogP contribution in [0, 0.1) is 0 Å². The number of amides is 2. The highest BCUT2D eigenvalue weighted by Crippen LogP contribution is 2.15. The van der Waals surface area contributed by atoms with Crippen LogP contribution >= 0.6 is 11.6 Å². The molecule has 1 aliphatic heterocycles. The molecule has 23 heavy (non-hydrogen) atoms. The van der Waals surface area contributed by atoms with Gasteiger partial charge in [0.1, 0.15) is 0 Å². The van der Waals surface area contributed by atoms with E-state index in [2.05, 4.69) is 27.7 Å². The topological polar surface area (TPSA) is 53.6 Å². The quantitative estimate of drug-likeness (QED) is 0.837. The number of ether oxygens (including phenoxy) is 1. The lowest BCUT2D eigenvalue weighted by Gasteiger charge is -2.32. The van der Waals surface area contributed by atoms with E-state index in [1.165, 1.54) is 5.56 Å². The summed E-state index contributed by atoms with van der Waals surface area (Å²) in [5.41, 5.74) is 1.27. The number of urea groups is 1. The van der Waals surface area contributed by atoms with Gasteiger partial charge >= 0.3 is 6.03 Å². The summed E-state index contributed by atoms with van der Waals surface area (Å²) in [4.78, 5) is 14.2. The Kier molecular flexibility index (Phi) is 7.15. The summed E-state index contributed by atoms with van der Waals surface area (Å²) < 4.78 is 5.11. The van der Waals surface area contributed by atoms with E-state index < -0.39 is 0 Å². The molecule has 0 saturated carbocycles. The summed E-state index contributed by atoms with van der Waals surface area (Å²) in [6, 6.07) is 8.13. The van der Waals surface area contributed by atoms with Crippen molar-refractivity contribution in [1.29, 1.82) is 0 Å². The molecule has 6 heteroatoms. The molecule has 5 nitrogen and oxygen atoms in total. The second-order valence-corrected chi connectivity index (χ2v) is 6.51. The maximum atomic E-state index is 11.8. The highest BCUT2D eigenvalue weighted by Gasteiger charge is 2.20. The maximum absolute atomic E-state index is 11.8. The molecule has 0 bridgehead atoms. The highest BCUT2D eigenvalue weighted by atomic mass is 35.5. The molecule has 1 aromatic rings. The first kappa shape index (κ1) is 18.0. The predicted molar refractivity (Wildman–Crippen MR) is 92.8 cm³/mol. The highest BCUT2D eigenvalue weighted by molar-refractivity contribution is 6.30. The van der Waals surface area contributed by atoms with E-state index in [9.17, 15) is 4.79 Å². The molecule has 2 amide bonds. The van der Waals surface area contributed by atoms with Crippen molar-refractivity contribution in [2.75, 3.05) is 26.7 Å². The van der Waals surface area contributed by atoms with Crippen molar-refractivity contribution in [3.05, 3.63) is 34.9 Å². The number of likely N-dealkylation sites (tertiary alicyclic amines) is 1. The molecule has 1 unspecified atom stereocenters. The molecule has 128 valence electrons. The van der Waals surface area contributed by atoms with Gasteiger partial charge < -0.3 is 15.4 Å². The van der Waals surface area contributed by atoms with Gasteiger partial charge in [-0.2, -0.15) is 0 Å². The van der Waals surface area contributed by atoms with E-state index in [4.69, 9.17) is 16.3 Å². The van der Waals surface area contributed by atoms with Crippen LogP contribution in [0.5, 0.6) is 0 Å². The van der Waals surface area contributed by atoms with Crippen LogP contribution in [0.4, 0.5) is 4.79 Å². The van der Waals surface area contributed by atoms with Gasteiger partial charge in [0.15, 0.2) is 0 Å². The summed E-state index contributed by atoms with van der Waals surface area (Å²) in [6.45, 7) is 5.36. The van der Waals surface area contributed by atoms with Crippen LogP contribution in [0.1, 0.15) is 25.3 Å². The first-order chi connectivity index (χ1) is 11.1. The standard InChI is InChI=1S/C17H26ClN3O2/c1-13(23-2)11-19-17(22)20-16-7-9-21(10-8-16)12-14-3-5-15(18)6-4-14/h3-6,13,16H,7-12H2,1-2H3,(H2,19,20,22). The van der Waals surface area contributed by atoms with Crippen LogP contribution in [0.15, 0.2) is 24.3 Å². The zero-order valence-corrected chi connectivity index (χ0v) is 14.6. The van der Waals surface area contributed by atoms with Crippen LogP contribution in [0.3, 0.4) is 0 Å². The number of halogens is 1. The van der Waals surface area contributed by atoms with Gasteiger partial charge in [0.25, 0.3) is 0 Å². The summed E-state index contributed by atoms with van der Waals surface area (Å²) in [7, 11) is 1.64. The van der Waals surface area contributed by atoms with E-state index in [0.29, 0.717) is 6.54 Å². The molecule has 1 heterocycles. The number of hydrogen-bond acceptors (Lipinski definition) is 3. The lowest BCUT2D eigenvalue weighted by molar-refractivity contribution is 0.118. The number of hydrogen-bond donors (Lipinski definition) is 2. The van der Waals surface area contributed by atoms with Gasteiger partial charge in [0.05, 0.1) is 6.10 Å². The minimum Gasteiger partial charge on any atom is -0.380 e. The normalized spacial score (nSPS) is 17.7. The van der Waals surface area contributed by atoms with Gasteiger partial charge in [-0.3, -0.25) is 4.90 Å². The number of methoxy groups -OCH3 is 1. The van der Waals surface area contributed by atoms with Crippen LogP contribution in [0.2, 0.25) is 5.02 Å². The first-order valence-corrected chi connectivity index (χ1v) is 8.48. The van der Waals surface area contributed by atoms with Gasteiger partial charge in [-0.05, 0) is 37.5 Å². The van der Waals surface area contributed by atoms with E-state index in [1.54, 1.807) is 7.11 Å². The third-order valence-corrected chi connectivity index (χ3v) is 4.45. The van der Waals surface area contributed by atoms with E-state index in [0.717, 1.165) is 37.5 Å². The van der Waals surface area contributed by atoms with Gasteiger partial charge in [-0.1, -0.05) is 23.7 Å². The summed E-state index contributed by atoms with van der Waals surface area (Å²) in [5.74, 6) is 0. The lowest BCUT2D eigenvalue weighted by atomic mass is 10.0. The summed E-state index contributed by atoms with van der Waals surface area (Å²) in [6.07, 6.45) is 1.98. The van der Waals surface area contributed by atoms with Crippen LogP contribution < -0.4 is 10.6 Å². The molecule has 1 saturated heterocycles. The Bertz CT molecular complexity index is 487. The van der Waals surface area contributed by atoms with Gasteiger partial charge in [-0.25, -0.2) is 4.79 Å². The molecule has 1 aromatic carbocycles. The zero-order chi connectivity index (χ0) is 16.7. The molecule has 0 aliphatic carbocycles. The minimum atomic E-state index is -0.106. The number of nitrogens with one attached hydrogen (secondary N) is 2. The monoisotopic (exact) mass is 339 g/mol. The number of carbonyl (C=O) groups is 1. The fourth-order valence-electron chi connectivity index (χ4n) is 2.64. The molecule has 0 radical (unpaired) electrons. The Hall–Kier alpha value is -1.30. The van der Waals surface area contributed by atoms with Gasteiger partial charge in [0.2, 0.25) is 0 Å². The Balaban J connectivity index is 1.67. The van der Waals surface area contributed by atoms with Crippen molar-refractivity contribution < 1.29 is 9.53 Å². The van der Waals surface area contributed by atoms with E-state index in [-0.39, 0.29) is 18.2 Å². The van der Waals surface area contributed by atoms with Crippen LogP contribution in [0.25, 0.3) is 0 Å². The fraction of sp³-hybridized carbons (Fsp3) is 0.588. The molecule has 2 rings (SSSR count). The summed E-state index contributed by atoms with van der Waals surface area (Å²) in [5, 5.41) is 6.65. The Morgan fingerprint density at radius 1 is 1.35 bits per heavy atom. The van der Waals surface area contributed by atoms with Gasteiger partial charge in [0, 0.05) is 44.4 Å². The van der Waals surface area contributed by atoms with E-state index >= 15 is 0 Å². The second kappa shape index (κ2) is 9.11. The van der Waals surface area contributed by atoms with Crippen molar-refractivity contribution in [2.24, 2.45) is 0 Å². The van der Waals surface area contributed by atoms with Crippen molar-refractivity contribution in [3.8, 4) is 0 Å². The molecule has 2 N–H and O–H groups in total. The third kappa shape index (κ3) is 6.37. The zero-order valence-electron chi connectivity index (χ0n) is 13.8. The minimum absolute atomic E-state index is 0.0296. The molecular weight excluding hydrogens is 314 g/mol. The Morgan fingerprint density at radius 2 is 2.00 bits per heavy atom. The molecule has 1 atom stereocenters. The first-order valence-electron chi connectivity index (χ1n) is 8.10. The fourth-order valence-corrected chi connectivity index (χ4v) is 2.77. The maximum Gasteiger partial charge on any atom is 0.315 e. The lowest BCUT2D eigenvalue weighted by Crippen LogP contribution is -2.48. The summed E-state index contributed by atoms with van der Waals surface area (Å²) >= 11 is 5.91. The van der Waals surface area contributed by atoms with Crippen molar-refractivity contribution >= 4 is 17.6 Å². The number of nitrogens with zero attached hydrogens (tertiary/aromatic N) is 1. The van der Waals surface area contributed by atoms with Crippen molar-refractivity contribution in [3.63, 3.8) is 0 Å². The molecule has 1 aliphatic rings. The van der Waals surface area contributed by atoms with Crippen LogP contribution in [-0.4, -0.2) is 49.8 Å². The van der Waals surface area contributed by atoms with Gasteiger partial charge in [-0.15, -0.1) is 0 Å². The SMILES string of the molecule is COC(C)CNC(=O)NC1CCN(Cc2ccc(Cl)cc2)CC1. The molecule has 0 spiro atoms. The van der Waals surface area contributed by atoms with Crippen molar-refractivity contribution in [2.45, 2.75) is 38.5 Å². The molecule has 0 aromatic heterocycles. The molecule has 1 fully saturated rings. The van der Waals surface area contributed by atoms with Crippen LogP contribution in [-0.2, 0) is 11.3 Å². The average molecular weight is 340 g/mol. The van der Waals surface area contributed by atoms with E-state index in [1.807, 2.05) is 19.1 Å². The Morgan fingerprint density at radius 3 is 2.61 bits per heavy atom. The number of benzene rings is 1. The number of rotatable bonds is 6. The predicted octanol–water partition coefficient (Wildman–Crippen LogP) is 2.64. The number of piperidine rings is 1. The second-order valence-electron chi connectivity index (χ2n) is 6.08. The molecular formula is C17H26ClN3O2. The Labute approximate surface area is 143 Å². The smallest absolute Gasteiger partial charge is 0.315 e. The number of carbonyl (C=O) groups excluding carboxylic acids is 1. The third-order valence-electron chi connectivity index (χ3n) is 4.19. The largest absolute Gasteiger partial charge is 0.380 e.